The van der Waals surface area contributed by atoms with Crippen molar-refractivity contribution in [3.05, 3.63) is 35.9 Å². The number of hydrogen-bond acceptors (Lipinski definition) is 2. The van der Waals surface area contributed by atoms with Gasteiger partial charge in [-0.05, 0) is 43.6 Å². The maximum absolute atomic E-state index is 12.9. The highest BCUT2D eigenvalue weighted by Gasteiger charge is 2.53. The van der Waals surface area contributed by atoms with Gasteiger partial charge in [-0.1, -0.05) is 30.3 Å². The highest BCUT2D eigenvalue weighted by atomic mass is 16.5. The zero-order valence-corrected chi connectivity index (χ0v) is 12.5. The molecule has 1 unspecified atom stereocenters. The van der Waals surface area contributed by atoms with Gasteiger partial charge in [0, 0.05) is 19.7 Å². The minimum atomic E-state index is -0.216. The Morgan fingerprint density at radius 1 is 1.19 bits per heavy atom. The van der Waals surface area contributed by atoms with E-state index in [2.05, 4.69) is 12.1 Å². The summed E-state index contributed by atoms with van der Waals surface area (Å²) >= 11 is 0. The third-order valence-corrected chi connectivity index (χ3v) is 5.18. The summed E-state index contributed by atoms with van der Waals surface area (Å²) in [5.41, 5.74) is 0.976. The standard InChI is InChI=1S/C18H23NO2/c20-17(18(9-10-18)15-4-2-1-3-5-15)19-11-8-16(12-19)21-13-14-6-7-14/h1-5,14,16H,6-13H2. The molecule has 0 bridgehead atoms. The van der Waals surface area contributed by atoms with Crippen LogP contribution in [-0.2, 0) is 14.9 Å². The summed E-state index contributed by atoms with van der Waals surface area (Å²) in [7, 11) is 0. The maximum atomic E-state index is 12.9. The van der Waals surface area contributed by atoms with Crippen LogP contribution in [0.25, 0.3) is 0 Å². The summed E-state index contributed by atoms with van der Waals surface area (Å²) in [6.45, 7) is 2.55. The first-order valence-corrected chi connectivity index (χ1v) is 8.24. The summed E-state index contributed by atoms with van der Waals surface area (Å²) in [6, 6.07) is 10.3. The lowest BCUT2D eigenvalue weighted by atomic mass is 9.94. The van der Waals surface area contributed by atoms with Gasteiger partial charge in [0.05, 0.1) is 11.5 Å². The van der Waals surface area contributed by atoms with E-state index >= 15 is 0 Å². The quantitative estimate of drug-likeness (QED) is 0.832. The zero-order chi connectivity index (χ0) is 14.3. The highest BCUT2D eigenvalue weighted by molar-refractivity contribution is 5.91. The lowest BCUT2D eigenvalue weighted by Gasteiger charge is -2.23. The molecule has 3 heteroatoms. The molecule has 3 fully saturated rings. The van der Waals surface area contributed by atoms with E-state index in [0.29, 0.717) is 5.91 Å². The van der Waals surface area contributed by atoms with Crippen molar-refractivity contribution in [2.45, 2.75) is 43.6 Å². The number of nitrogens with zero attached hydrogens (tertiary/aromatic N) is 1. The molecular weight excluding hydrogens is 262 g/mol. The average molecular weight is 285 g/mol. The first-order chi connectivity index (χ1) is 10.3. The Hall–Kier alpha value is -1.35. The van der Waals surface area contributed by atoms with Gasteiger partial charge >= 0.3 is 0 Å². The molecule has 1 aromatic carbocycles. The van der Waals surface area contributed by atoms with E-state index in [1.54, 1.807) is 0 Å². The Kier molecular flexibility index (Phi) is 3.26. The van der Waals surface area contributed by atoms with Gasteiger partial charge in [0.25, 0.3) is 0 Å². The van der Waals surface area contributed by atoms with E-state index in [0.717, 1.165) is 44.9 Å². The summed E-state index contributed by atoms with van der Waals surface area (Å²) < 4.78 is 5.95. The molecule has 0 N–H and O–H groups in total. The molecule has 1 heterocycles. The Morgan fingerprint density at radius 3 is 2.62 bits per heavy atom. The number of carbonyl (C=O) groups is 1. The van der Waals surface area contributed by atoms with E-state index in [1.165, 1.54) is 18.4 Å². The summed E-state index contributed by atoms with van der Waals surface area (Å²) in [5.74, 6) is 1.13. The van der Waals surface area contributed by atoms with Crippen molar-refractivity contribution in [3.8, 4) is 0 Å². The molecule has 4 rings (SSSR count). The second kappa shape index (κ2) is 5.13. The lowest BCUT2D eigenvalue weighted by molar-refractivity contribution is -0.133. The molecule has 3 nitrogen and oxygen atoms in total. The van der Waals surface area contributed by atoms with Gasteiger partial charge in [0.15, 0.2) is 0 Å². The van der Waals surface area contributed by atoms with Crippen molar-refractivity contribution in [1.29, 1.82) is 0 Å². The Morgan fingerprint density at radius 2 is 1.95 bits per heavy atom. The first kappa shape index (κ1) is 13.3. The Labute approximate surface area is 126 Å². The lowest BCUT2D eigenvalue weighted by Crippen LogP contribution is -2.38. The third-order valence-electron chi connectivity index (χ3n) is 5.18. The largest absolute Gasteiger partial charge is 0.376 e. The molecule has 0 aromatic heterocycles. The van der Waals surface area contributed by atoms with E-state index < -0.39 is 0 Å². The number of benzene rings is 1. The molecule has 1 aliphatic heterocycles. The van der Waals surface area contributed by atoms with Crippen LogP contribution in [0.5, 0.6) is 0 Å². The predicted octanol–water partition coefficient (Wildman–Crippen LogP) is 2.75. The normalized spacial score (nSPS) is 26.9. The van der Waals surface area contributed by atoms with Crippen LogP contribution in [0.15, 0.2) is 30.3 Å². The van der Waals surface area contributed by atoms with E-state index in [1.807, 2.05) is 23.1 Å². The van der Waals surface area contributed by atoms with E-state index in [-0.39, 0.29) is 11.5 Å². The fourth-order valence-corrected chi connectivity index (χ4v) is 3.42. The van der Waals surface area contributed by atoms with Crippen LogP contribution in [0.1, 0.15) is 37.7 Å². The fourth-order valence-electron chi connectivity index (χ4n) is 3.42. The monoisotopic (exact) mass is 285 g/mol. The van der Waals surface area contributed by atoms with Crippen LogP contribution in [0, 0.1) is 5.92 Å². The van der Waals surface area contributed by atoms with E-state index in [9.17, 15) is 4.79 Å². The molecule has 3 aliphatic rings. The van der Waals surface area contributed by atoms with Gasteiger partial charge in [0.2, 0.25) is 5.91 Å². The van der Waals surface area contributed by atoms with Crippen LogP contribution in [0.2, 0.25) is 0 Å². The summed E-state index contributed by atoms with van der Waals surface area (Å²) in [6.07, 6.45) is 5.92. The number of amides is 1. The number of hydrogen-bond donors (Lipinski definition) is 0. The number of carbonyl (C=O) groups excluding carboxylic acids is 1. The second-order valence-electron chi connectivity index (χ2n) is 6.89. The SMILES string of the molecule is O=C(N1CCC(OCC2CC2)C1)C1(c2ccccc2)CC1. The predicted molar refractivity (Wildman–Crippen MR) is 81.0 cm³/mol. The minimum Gasteiger partial charge on any atom is -0.376 e. The molecule has 2 saturated carbocycles. The van der Waals surface area contributed by atoms with Crippen LogP contribution in [0.3, 0.4) is 0 Å². The van der Waals surface area contributed by atoms with Gasteiger partial charge < -0.3 is 9.64 Å². The first-order valence-electron chi connectivity index (χ1n) is 8.24. The topological polar surface area (TPSA) is 29.5 Å². The molecule has 112 valence electrons. The molecule has 0 spiro atoms. The van der Waals surface area contributed by atoms with Crippen molar-refractivity contribution in [2.24, 2.45) is 5.92 Å². The minimum absolute atomic E-state index is 0.216. The van der Waals surface area contributed by atoms with Gasteiger partial charge in [-0.25, -0.2) is 0 Å². The van der Waals surface area contributed by atoms with Crippen molar-refractivity contribution in [2.75, 3.05) is 19.7 Å². The van der Waals surface area contributed by atoms with Crippen LogP contribution in [-0.4, -0.2) is 36.6 Å². The number of likely N-dealkylation sites (tertiary alicyclic amines) is 1. The molecule has 0 radical (unpaired) electrons. The molecule has 1 aromatic rings. The summed E-state index contributed by atoms with van der Waals surface area (Å²) in [4.78, 5) is 14.9. The second-order valence-corrected chi connectivity index (χ2v) is 6.89. The number of ether oxygens (including phenoxy) is 1. The van der Waals surface area contributed by atoms with Gasteiger partial charge in [0.1, 0.15) is 0 Å². The van der Waals surface area contributed by atoms with Gasteiger partial charge in [-0.15, -0.1) is 0 Å². The van der Waals surface area contributed by atoms with Crippen molar-refractivity contribution in [3.63, 3.8) is 0 Å². The Bertz CT molecular complexity index is 519. The van der Waals surface area contributed by atoms with Crippen LogP contribution in [0.4, 0.5) is 0 Å². The van der Waals surface area contributed by atoms with Crippen molar-refractivity contribution in [1.82, 2.24) is 4.90 Å². The third kappa shape index (κ3) is 2.59. The number of rotatable bonds is 5. The molecule has 1 saturated heterocycles. The Balaban J connectivity index is 1.39. The molecule has 1 amide bonds. The molecule has 21 heavy (non-hydrogen) atoms. The maximum Gasteiger partial charge on any atom is 0.233 e. The average Bonchev–Trinajstić information content (AvgIpc) is 3.44. The van der Waals surface area contributed by atoms with Crippen LogP contribution < -0.4 is 0 Å². The highest BCUT2D eigenvalue weighted by Crippen LogP contribution is 2.50. The smallest absolute Gasteiger partial charge is 0.233 e. The summed E-state index contributed by atoms with van der Waals surface area (Å²) in [5, 5.41) is 0. The van der Waals surface area contributed by atoms with Gasteiger partial charge in [-0.2, -0.15) is 0 Å². The van der Waals surface area contributed by atoms with Crippen molar-refractivity contribution >= 4 is 5.91 Å². The molecule has 2 aliphatic carbocycles. The molecule has 1 atom stereocenters. The van der Waals surface area contributed by atoms with Crippen molar-refractivity contribution < 1.29 is 9.53 Å². The van der Waals surface area contributed by atoms with Gasteiger partial charge in [-0.3, -0.25) is 4.79 Å². The molecular formula is C18H23NO2. The van der Waals surface area contributed by atoms with E-state index in [4.69, 9.17) is 4.74 Å². The van der Waals surface area contributed by atoms with Crippen LogP contribution >= 0.6 is 0 Å². The fraction of sp³-hybridized carbons (Fsp3) is 0.611. The zero-order valence-electron chi connectivity index (χ0n) is 12.5.